The van der Waals surface area contributed by atoms with Crippen molar-refractivity contribution >= 4 is 28.2 Å². The third-order valence-corrected chi connectivity index (χ3v) is 4.42. The highest BCUT2D eigenvalue weighted by Crippen LogP contribution is 2.22. The van der Waals surface area contributed by atoms with Crippen molar-refractivity contribution < 1.29 is 9.18 Å². The van der Waals surface area contributed by atoms with E-state index >= 15 is 0 Å². The summed E-state index contributed by atoms with van der Waals surface area (Å²) >= 11 is 1.38. The van der Waals surface area contributed by atoms with Crippen LogP contribution < -0.4 is 10.2 Å². The van der Waals surface area contributed by atoms with E-state index in [1.165, 1.54) is 23.5 Å². The number of hydrogen-bond acceptors (Lipinski definition) is 5. The van der Waals surface area contributed by atoms with Crippen molar-refractivity contribution in [1.82, 2.24) is 9.97 Å². The molecule has 1 amide bonds. The first kappa shape index (κ1) is 17.0. The van der Waals surface area contributed by atoms with Crippen LogP contribution in [0.3, 0.4) is 0 Å². The van der Waals surface area contributed by atoms with Crippen molar-refractivity contribution in [1.29, 1.82) is 0 Å². The number of halogens is 1. The molecular formula is C18H17FN4OS. The van der Waals surface area contributed by atoms with Crippen LogP contribution in [0.25, 0.3) is 0 Å². The highest BCUT2D eigenvalue weighted by Gasteiger charge is 2.11. The minimum atomic E-state index is -0.259. The number of anilines is 2. The average molecular weight is 356 g/mol. The lowest BCUT2D eigenvalue weighted by Gasteiger charge is -2.11. The van der Waals surface area contributed by atoms with Gasteiger partial charge < -0.3 is 4.90 Å². The van der Waals surface area contributed by atoms with Crippen LogP contribution in [0.1, 0.15) is 20.8 Å². The number of pyridine rings is 1. The number of benzene rings is 1. The van der Waals surface area contributed by atoms with E-state index in [1.807, 2.05) is 25.1 Å². The largest absolute Gasteiger partial charge is 0.363 e. The number of carbonyl (C=O) groups is 1. The Hall–Kier alpha value is -2.80. The summed E-state index contributed by atoms with van der Waals surface area (Å²) in [6.45, 7) is 0. The average Bonchev–Trinajstić information content (AvgIpc) is 3.02. The molecule has 2 aromatic heterocycles. The Balaban J connectivity index is 1.68. The zero-order valence-corrected chi connectivity index (χ0v) is 14.7. The van der Waals surface area contributed by atoms with Crippen molar-refractivity contribution in [3.63, 3.8) is 0 Å². The van der Waals surface area contributed by atoms with Crippen LogP contribution in [0.4, 0.5) is 15.3 Å². The Labute approximate surface area is 149 Å². The Bertz CT molecular complexity index is 894. The Morgan fingerprint density at radius 1 is 1.24 bits per heavy atom. The van der Waals surface area contributed by atoms with Crippen LogP contribution in [-0.2, 0) is 6.42 Å². The molecule has 128 valence electrons. The van der Waals surface area contributed by atoms with Gasteiger partial charge in [-0.15, -0.1) is 11.3 Å². The lowest BCUT2D eigenvalue weighted by molar-refractivity contribution is 0.102. The Morgan fingerprint density at radius 3 is 2.84 bits per heavy atom. The SMILES string of the molecule is CN(C)c1cc(C(=O)Nc2ncc(Cc3cccc(F)c3)s2)ccn1. The quantitative estimate of drug-likeness (QED) is 0.759. The van der Waals surface area contributed by atoms with Gasteiger partial charge in [0, 0.05) is 43.4 Å². The second kappa shape index (κ2) is 7.40. The highest BCUT2D eigenvalue weighted by molar-refractivity contribution is 7.15. The molecule has 2 heterocycles. The molecule has 1 N–H and O–H groups in total. The molecule has 3 rings (SSSR count). The third-order valence-electron chi connectivity index (χ3n) is 3.51. The summed E-state index contributed by atoms with van der Waals surface area (Å²) in [6, 6.07) is 9.83. The Morgan fingerprint density at radius 2 is 2.08 bits per heavy atom. The van der Waals surface area contributed by atoms with E-state index in [-0.39, 0.29) is 11.7 Å². The fourth-order valence-corrected chi connectivity index (χ4v) is 3.11. The van der Waals surface area contributed by atoms with Crippen molar-refractivity contribution in [2.24, 2.45) is 0 Å². The number of aromatic nitrogens is 2. The zero-order valence-electron chi connectivity index (χ0n) is 13.9. The molecule has 3 aromatic rings. The normalized spacial score (nSPS) is 10.5. The lowest BCUT2D eigenvalue weighted by Crippen LogP contribution is -2.15. The van der Waals surface area contributed by atoms with Crippen molar-refractivity contribution in [2.45, 2.75) is 6.42 Å². The smallest absolute Gasteiger partial charge is 0.257 e. The van der Waals surface area contributed by atoms with E-state index in [9.17, 15) is 9.18 Å². The van der Waals surface area contributed by atoms with Crippen molar-refractivity contribution in [3.8, 4) is 0 Å². The van der Waals surface area contributed by atoms with E-state index < -0.39 is 0 Å². The van der Waals surface area contributed by atoms with Gasteiger partial charge in [0.2, 0.25) is 0 Å². The topological polar surface area (TPSA) is 58.1 Å². The Kier molecular flexibility index (Phi) is 5.04. The van der Waals surface area contributed by atoms with Crippen LogP contribution in [0.2, 0.25) is 0 Å². The van der Waals surface area contributed by atoms with Gasteiger partial charge in [0.05, 0.1) is 0 Å². The second-order valence-electron chi connectivity index (χ2n) is 5.69. The first-order valence-corrected chi connectivity index (χ1v) is 8.47. The number of hydrogen-bond donors (Lipinski definition) is 1. The molecule has 5 nitrogen and oxygen atoms in total. The summed E-state index contributed by atoms with van der Waals surface area (Å²) in [6.07, 6.45) is 3.87. The van der Waals surface area contributed by atoms with E-state index in [1.54, 1.807) is 30.6 Å². The van der Waals surface area contributed by atoms with Gasteiger partial charge in [0.15, 0.2) is 5.13 Å². The molecule has 0 saturated heterocycles. The summed E-state index contributed by atoms with van der Waals surface area (Å²) in [5, 5.41) is 3.30. The predicted molar refractivity (Wildman–Crippen MR) is 97.8 cm³/mol. The third kappa shape index (κ3) is 4.39. The van der Waals surface area contributed by atoms with Crippen LogP contribution >= 0.6 is 11.3 Å². The number of amides is 1. The predicted octanol–water partition coefficient (Wildman–Crippen LogP) is 3.59. The fourth-order valence-electron chi connectivity index (χ4n) is 2.27. The summed E-state index contributed by atoms with van der Waals surface area (Å²) in [5.41, 5.74) is 1.38. The van der Waals surface area contributed by atoms with E-state index in [0.29, 0.717) is 22.9 Å². The maximum atomic E-state index is 13.2. The van der Waals surface area contributed by atoms with Gasteiger partial charge >= 0.3 is 0 Å². The first-order valence-electron chi connectivity index (χ1n) is 7.65. The van der Waals surface area contributed by atoms with Crippen LogP contribution in [0.5, 0.6) is 0 Å². The van der Waals surface area contributed by atoms with Crippen molar-refractivity contribution in [2.75, 3.05) is 24.3 Å². The number of nitrogens with one attached hydrogen (secondary N) is 1. The minimum absolute atomic E-state index is 0.239. The summed E-state index contributed by atoms with van der Waals surface area (Å²) in [4.78, 5) is 23.6. The molecule has 0 aliphatic heterocycles. The zero-order chi connectivity index (χ0) is 17.8. The van der Waals surface area contributed by atoms with Gasteiger partial charge in [-0.2, -0.15) is 0 Å². The van der Waals surface area contributed by atoms with Crippen LogP contribution in [-0.4, -0.2) is 30.0 Å². The van der Waals surface area contributed by atoms with Gasteiger partial charge in [-0.25, -0.2) is 14.4 Å². The molecule has 1 aromatic carbocycles. The first-order chi connectivity index (χ1) is 12.0. The maximum absolute atomic E-state index is 13.2. The van der Waals surface area contributed by atoms with Crippen LogP contribution in [0, 0.1) is 5.82 Å². The summed E-state index contributed by atoms with van der Waals surface area (Å²) < 4.78 is 13.2. The molecule has 0 fully saturated rings. The molecule has 25 heavy (non-hydrogen) atoms. The fraction of sp³-hybridized carbons (Fsp3) is 0.167. The van der Waals surface area contributed by atoms with E-state index in [2.05, 4.69) is 15.3 Å². The molecule has 0 aliphatic rings. The molecule has 0 unspecified atom stereocenters. The van der Waals surface area contributed by atoms with Gasteiger partial charge in [-0.05, 0) is 29.8 Å². The number of thiazole rings is 1. The molecule has 7 heteroatoms. The minimum Gasteiger partial charge on any atom is -0.363 e. The molecule has 0 aliphatic carbocycles. The van der Waals surface area contributed by atoms with Gasteiger partial charge in [0.1, 0.15) is 11.6 Å². The molecule has 0 atom stereocenters. The number of carbonyl (C=O) groups excluding carboxylic acids is 1. The van der Waals surface area contributed by atoms with Crippen molar-refractivity contribution in [3.05, 3.63) is 70.6 Å². The number of rotatable bonds is 5. The summed E-state index contributed by atoms with van der Waals surface area (Å²) in [7, 11) is 3.73. The van der Waals surface area contributed by atoms with E-state index in [4.69, 9.17) is 0 Å². The molecular weight excluding hydrogens is 339 g/mol. The van der Waals surface area contributed by atoms with Gasteiger partial charge in [-0.1, -0.05) is 12.1 Å². The maximum Gasteiger partial charge on any atom is 0.257 e. The van der Waals surface area contributed by atoms with Gasteiger partial charge in [-0.3, -0.25) is 10.1 Å². The van der Waals surface area contributed by atoms with E-state index in [0.717, 1.165) is 10.4 Å². The van der Waals surface area contributed by atoms with Gasteiger partial charge in [0.25, 0.3) is 5.91 Å². The molecule has 0 saturated carbocycles. The number of nitrogens with zero attached hydrogens (tertiary/aromatic N) is 3. The molecule has 0 radical (unpaired) electrons. The summed E-state index contributed by atoms with van der Waals surface area (Å²) in [5.74, 6) is 0.209. The second-order valence-corrected chi connectivity index (χ2v) is 6.80. The highest BCUT2D eigenvalue weighted by atomic mass is 32.1. The van der Waals surface area contributed by atoms with Crippen LogP contribution in [0.15, 0.2) is 48.8 Å². The molecule has 0 bridgehead atoms. The lowest BCUT2D eigenvalue weighted by atomic mass is 10.1. The monoisotopic (exact) mass is 356 g/mol. The molecule has 0 spiro atoms. The standard InChI is InChI=1S/C18H17FN4OS/c1-23(2)16-10-13(6-7-20-16)17(24)22-18-21-11-15(25-18)9-12-4-3-5-14(19)8-12/h3-8,10-11H,9H2,1-2H3,(H,21,22,24).